The minimum Gasteiger partial charge on any atom is -0.480 e. The minimum absolute atomic E-state index is 0.567. The first-order valence-electron chi connectivity index (χ1n) is 5.27. The molecular formula is C9H17N5O2S. The van der Waals surface area contributed by atoms with E-state index in [0.29, 0.717) is 6.42 Å². The number of likely N-dealkylation sites (N-methyl/N-ethyl adjacent to an activating group) is 1. The van der Waals surface area contributed by atoms with Crippen LogP contribution >= 0.6 is 11.8 Å². The fourth-order valence-corrected chi connectivity index (χ4v) is 2.06. The van der Waals surface area contributed by atoms with Gasteiger partial charge < -0.3 is 10.4 Å². The number of carboxylic acids is 1. The molecule has 96 valence electrons. The highest BCUT2D eigenvalue weighted by atomic mass is 32.2. The molecule has 0 aliphatic carbocycles. The van der Waals surface area contributed by atoms with Crippen molar-refractivity contribution in [3.05, 3.63) is 0 Å². The first kappa shape index (κ1) is 13.9. The van der Waals surface area contributed by atoms with E-state index in [4.69, 9.17) is 5.11 Å². The van der Waals surface area contributed by atoms with Gasteiger partial charge in [0.05, 0.1) is 0 Å². The van der Waals surface area contributed by atoms with Crippen LogP contribution in [0.3, 0.4) is 0 Å². The van der Waals surface area contributed by atoms with Crippen molar-refractivity contribution in [1.82, 2.24) is 25.5 Å². The molecule has 7 nitrogen and oxygen atoms in total. The molecule has 1 aromatic heterocycles. The Kier molecular flexibility index (Phi) is 4.88. The van der Waals surface area contributed by atoms with E-state index in [9.17, 15) is 4.79 Å². The lowest BCUT2D eigenvalue weighted by Crippen LogP contribution is -2.47. The molecule has 1 unspecified atom stereocenters. The molecule has 0 radical (unpaired) electrons. The van der Waals surface area contributed by atoms with E-state index in [1.165, 1.54) is 11.8 Å². The van der Waals surface area contributed by atoms with Crippen LogP contribution in [-0.4, -0.2) is 49.6 Å². The molecule has 0 aromatic carbocycles. The van der Waals surface area contributed by atoms with Crippen LogP contribution in [0.4, 0.5) is 0 Å². The molecule has 1 atom stereocenters. The second kappa shape index (κ2) is 5.97. The first-order valence-corrected chi connectivity index (χ1v) is 6.25. The van der Waals surface area contributed by atoms with Crippen LogP contribution in [0.15, 0.2) is 5.16 Å². The quantitative estimate of drug-likeness (QED) is 0.531. The summed E-state index contributed by atoms with van der Waals surface area (Å²) in [5.41, 5.74) is -0.862. The van der Waals surface area contributed by atoms with E-state index >= 15 is 0 Å². The van der Waals surface area contributed by atoms with E-state index in [-0.39, 0.29) is 0 Å². The zero-order valence-corrected chi connectivity index (χ0v) is 11.0. The number of hydrogen-bond donors (Lipinski definition) is 2. The third-order valence-corrected chi connectivity index (χ3v) is 3.75. The summed E-state index contributed by atoms with van der Waals surface area (Å²) in [5, 5.41) is 23.7. The largest absolute Gasteiger partial charge is 0.480 e. The van der Waals surface area contributed by atoms with Crippen LogP contribution in [0, 0.1) is 0 Å². The summed E-state index contributed by atoms with van der Waals surface area (Å²) >= 11 is 1.52. The van der Waals surface area contributed by atoms with Gasteiger partial charge in [0, 0.05) is 12.8 Å². The maximum Gasteiger partial charge on any atom is 0.323 e. The van der Waals surface area contributed by atoms with Gasteiger partial charge in [0.1, 0.15) is 5.54 Å². The zero-order valence-electron chi connectivity index (χ0n) is 10.2. The molecule has 0 amide bonds. The van der Waals surface area contributed by atoms with E-state index in [1.807, 2.05) is 0 Å². The molecule has 0 saturated heterocycles. The maximum absolute atomic E-state index is 11.0. The van der Waals surface area contributed by atoms with Crippen LogP contribution < -0.4 is 5.32 Å². The SMILES string of the molecule is CNC(C)(CCCSc1nnnn1C)C(=O)O. The Morgan fingerprint density at radius 3 is 2.82 bits per heavy atom. The van der Waals surface area contributed by atoms with Crippen molar-refractivity contribution in [2.75, 3.05) is 12.8 Å². The van der Waals surface area contributed by atoms with Gasteiger partial charge in [0.15, 0.2) is 0 Å². The van der Waals surface area contributed by atoms with Gasteiger partial charge in [-0.3, -0.25) is 4.79 Å². The van der Waals surface area contributed by atoms with Gasteiger partial charge in [-0.15, -0.1) is 5.10 Å². The van der Waals surface area contributed by atoms with Crippen LogP contribution in [0.25, 0.3) is 0 Å². The first-order chi connectivity index (χ1) is 7.99. The molecule has 2 N–H and O–H groups in total. The van der Waals surface area contributed by atoms with Crippen molar-refractivity contribution in [2.45, 2.75) is 30.5 Å². The topological polar surface area (TPSA) is 92.9 Å². The lowest BCUT2D eigenvalue weighted by molar-refractivity contribution is -0.144. The molecule has 1 aromatic rings. The standard InChI is InChI=1S/C9H17N5O2S/c1-9(10-2,7(15)16)5-4-6-17-8-11-12-13-14(8)3/h10H,4-6H2,1-3H3,(H,15,16). The van der Waals surface area contributed by atoms with Crippen LogP contribution in [0.2, 0.25) is 0 Å². The Balaban J connectivity index is 2.33. The summed E-state index contributed by atoms with van der Waals surface area (Å²) in [6.45, 7) is 1.68. The van der Waals surface area contributed by atoms with Crippen molar-refractivity contribution < 1.29 is 9.90 Å². The van der Waals surface area contributed by atoms with Gasteiger partial charge in [-0.25, -0.2) is 4.68 Å². The van der Waals surface area contributed by atoms with Crippen LogP contribution in [-0.2, 0) is 11.8 Å². The van der Waals surface area contributed by atoms with Crippen molar-refractivity contribution in [1.29, 1.82) is 0 Å². The van der Waals surface area contributed by atoms with Gasteiger partial charge in [-0.2, -0.15) is 0 Å². The predicted octanol–water partition coefficient (Wildman–Crippen LogP) is 0.145. The number of aromatic nitrogens is 4. The highest BCUT2D eigenvalue weighted by Gasteiger charge is 2.30. The number of thioether (sulfide) groups is 1. The molecule has 8 heteroatoms. The van der Waals surface area contributed by atoms with Crippen molar-refractivity contribution in [2.24, 2.45) is 7.05 Å². The van der Waals surface area contributed by atoms with Gasteiger partial charge in [-0.05, 0) is 37.2 Å². The summed E-state index contributed by atoms with van der Waals surface area (Å²) in [4.78, 5) is 11.0. The number of carboxylic acid groups (broad SMARTS) is 1. The molecule has 1 rings (SSSR count). The van der Waals surface area contributed by atoms with E-state index < -0.39 is 11.5 Å². The lowest BCUT2D eigenvalue weighted by atomic mass is 9.97. The Labute approximate surface area is 104 Å². The van der Waals surface area contributed by atoms with E-state index in [1.54, 1.807) is 25.7 Å². The maximum atomic E-state index is 11.0. The number of aryl methyl sites for hydroxylation is 1. The number of hydrogen-bond acceptors (Lipinski definition) is 6. The molecule has 0 fully saturated rings. The molecule has 17 heavy (non-hydrogen) atoms. The third kappa shape index (κ3) is 3.67. The van der Waals surface area contributed by atoms with Gasteiger partial charge in [0.2, 0.25) is 5.16 Å². The van der Waals surface area contributed by atoms with Gasteiger partial charge in [-0.1, -0.05) is 11.8 Å². The summed E-state index contributed by atoms with van der Waals surface area (Å²) in [6.07, 6.45) is 1.35. The average Bonchev–Trinajstić information content (AvgIpc) is 2.70. The van der Waals surface area contributed by atoms with E-state index in [2.05, 4.69) is 20.8 Å². The monoisotopic (exact) mass is 259 g/mol. The zero-order chi connectivity index (χ0) is 12.9. The molecule has 0 bridgehead atoms. The molecule has 0 saturated carbocycles. The average molecular weight is 259 g/mol. The van der Waals surface area contributed by atoms with E-state index in [0.717, 1.165) is 17.3 Å². The predicted molar refractivity (Wildman–Crippen MR) is 63.9 cm³/mol. The van der Waals surface area contributed by atoms with Crippen molar-refractivity contribution in [3.8, 4) is 0 Å². The Bertz CT molecular complexity index is 383. The molecule has 1 heterocycles. The molecular weight excluding hydrogens is 242 g/mol. The highest BCUT2D eigenvalue weighted by Crippen LogP contribution is 2.18. The lowest BCUT2D eigenvalue weighted by Gasteiger charge is -2.23. The number of aliphatic carboxylic acids is 1. The van der Waals surface area contributed by atoms with Crippen molar-refractivity contribution in [3.63, 3.8) is 0 Å². The normalized spacial score (nSPS) is 14.5. The number of tetrazole rings is 1. The van der Waals surface area contributed by atoms with Gasteiger partial charge >= 0.3 is 5.97 Å². The van der Waals surface area contributed by atoms with Crippen molar-refractivity contribution >= 4 is 17.7 Å². The minimum atomic E-state index is -0.862. The van der Waals surface area contributed by atoms with Gasteiger partial charge in [0.25, 0.3) is 0 Å². The summed E-state index contributed by atoms with van der Waals surface area (Å²) < 4.78 is 1.60. The summed E-state index contributed by atoms with van der Waals surface area (Å²) in [6, 6.07) is 0. The van der Waals surface area contributed by atoms with Crippen LogP contribution in [0.5, 0.6) is 0 Å². The molecule has 0 aliphatic heterocycles. The Morgan fingerprint density at radius 2 is 2.35 bits per heavy atom. The van der Waals surface area contributed by atoms with Crippen LogP contribution in [0.1, 0.15) is 19.8 Å². The number of rotatable bonds is 7. The second-order valence-corrected chi connectivity index (χ2v) is 4.99. The second-order valence-electron chi connectivity index (χ2n) is 3.92. The summed E-state index contributed by atoms with van der Waals surface area (Å²) in [5.74, 6) is -0.0380. The molecule has 0 spiro atoms. The number of carbonyl (C=O) groups is 1. The fraction of sp³-hybridized carbons (Fsp3) is 0.778. The smallest absolute Gasteiger partial charge is 0.323 e. The summed E-state index contributed by atoms with van der Waals surface area (Å²) in [7, 11) is 3.44. The number of nitrogens with zero attached hydrogens (tertiary/aromatic N) is 4. The Morgan fingerprint density at radius 1 is 1.65 bits per heavy atom. The highest BCUT2D eigenvalue weighted by molar-refractivity contribution is 7.99. The third-order valence-electron chi connectivity index (χ3n) is 2.66. The molecule has 0 aliphatic rings. The number of nitrogens with one attached hydrogen (secondary N) is 1. The Hall–Kier alpha value is -1.15. The fourth-order valence-electron chi connectivity index (χ4n) is 1.27.